The van der Waals surface area contributed by atoms with E-state index in [1.165, 1.54) is 16.7 Å². The molecule has 0 spiro atoms. The number of ether oxygens (including phenoxy) is 1. The molecule has 3 aromatic rings. The fourth-order valence-corrected chi connectivity index (χ4v) is 5.81. The summed E-state index contributed by atoms with van der Waals surface area (Å²) < 4.78 is 6.04. The van der Waals surface area contributed by atoms with Gasteiger partial charge in [0.1, 0.15) is 17.1 Å². The van der Waals surface area contributed by atoms with Crippen molar-refractivity contribution in [3.63, 3.8) is 0 Å². The average molecular weight is 499 g/mol. The Morgan fingerprint density at radius 1 is 0.944 bits per heavy atom. The minimum Gasteiger partial charge on any atom is -0.448 e. The van der Waals surface area contributed by atoms with E-state index in [4.69, 9.17) is 4.74 Å². The molecule has 0 radical (unpaired) electrons. The van der Waals surface area contributed by atoms with Gasteiger partial charge in [-0.25, -0.2) is 4.79 Å². The summed E-state index contributed by atoms with van der Waals surface area (Å²) in [6, 6.07) is 27.8. The second-order valence-corrected chi connectivity index (χ2v) is 9.96. The van der Waals surface area contributed by atoms with Gasteiger partial charge in [0.05, 0.1) is 6.42 Å². The normalized spacial score (nSPS) is 18.9. The molecule has 2 aliphatic rings. The summed E-state index contributed by atoms with van der Waals surface area (Å²) in [6.07, 6.45) is -0.410. The van der Waals surface area contributed by atoms with E-state index < -0.39 is 18.1 Å². The highest BCUT2D eigenvalue weighted by Crippen LogP contribution is 2.41. The third kappa shape index (κ3) is 4.79. The Hall–Kier alpha value is -3.84. The molecule has 6 nitrogen and oxygen atoms in total. The predicted molar refractivity (Wildman–Crippen MR) is 139 cm³/mol. The summed E-state index contributed by atoms with van der Waals surface area (Å²) in [6.45, 7) is 1.84. The number of carbonyl (C=O) groups is 3. The lowest BCUT2D eigenvalue weighted by Crippen LogP contribution is -2.70. The van der Waals surface area contributed by atoms with Crippen molar-refractivity contribution in [2.45, 2.75) is 30.9 Å². The largest absolute Gasteiger partial charge is 0.448 e. The van der Waals surface area contributed by atoms with Crippen molar-refractivity contribution < 1.29 is 19.1 Å². The Bertz CT molecular complexity index is 1260. The molecule has 1 fully saturated rings. The molecule has 1 saturated heterocycles. The summed E-state index contributed by atoms with van der Waals surface area (Å²) in [4.78, 5) is 40.7. The first-order valence-corrected chi connectivity index (χ1v) is 12.9. The number of thioether (sulfide) groups is 1. The number of fused-ring (bicyclic) bond motifs is 1. The Kier molecular flexibility index (Phi) is 6.91. The van der Waals surface area contributed by atoms with Crippen molar-refractivity contribution in [1.82, 2.24) is 10.2 Å². The molecule has 3 aromatic carbocycles. The van der Waals surface area contributed by atoms with Crippen molar-refractivity contribution in [2.75, 3.05) is 5.75 Å². The number of hydrogen-bond acceptors (Lipinski definition) is 5. The van der Waals surface area contributed by atoms with Crippen LogP contribution in [-0.2, 0) is 25.5 Å². The SMILES string of the molecule is CC1=C(C(=O)OC(c2ccccc2)c2ccccc2)N2C(=O)[C@@H](NC(=O)Cc3ccccc3)[C@H]2SC1. The van der Waals surface area contributed by atoms with Gasteiger partial charge in [-0.05, 0) is 29.2 Å². The fourth-order valence-electron chi connectivity index (χ4n) is 4.52. The molecular weight excluding hydrogens is 472 g/mol. The number of carbonyl (C=O) groups excluding carboxylic acids is 3. The van der Waals surface area contributed by atoms with Crippen LogP contribution < -0.4 is 5.32 Å². The summed E-state index contributed by atoms with van der Waals surface area (Å²) >= 11 is 1.54. The maximum atomic E-state index is 13.5. The Morgan fingerprint density at radius 3 is 2.08 bits per heavy atom. The van der Waals surface area contributed by atoms with Crippen LogP contribution in [-0.4, -0.2) is 39.9 Å². The molecule has 5 rings (SSSR count). The van der Waals surface area contributed by atoms with Gasteiger partial charge in [0.2, 0.25) is 5.91 Å². The highest BCUT2D eigenvalue weighted by Gasteiger charge is 2.54. The Labute approximate surface area is 214 Å². The second kappa shape index (κ2) is 10.4. The molecule has 0 bridgehead atoms. The maximum absolute atomic E-state index is 13.5. The van der Waals surface area contributed by atoms with Crippen LogP contribution in [0.2, 0.25) is 0 Å². The van der Waals surface area contributed by atoms with Crippen LogP contribution >= 0.6 is 11.8 Å². The molecule has 0 saturated carbocycles. The van der Waals surface area contributed by atoms with Gasteiger partial charge in [-0.15, -0.1) is 11.8 Å². The van der Waals surface area contributed by atoms with E-state index >= 15 is 0 Å². The van der Waals surface area contributed by atoms with Crippen LogP contribution in [0.3, 0.4) is 0 Å². The van der Waals surface area contributed by atoms with E-state index in [0.717, 1.165) is 22.3 Å². The van der Waals surface area contributed by atoms with Gasteiger partial charge < -0.3 is 10.1 Å². The van der Waals surface area contributed by atoms with Crippen LogP contribution in [0.1, 0.15) is 29.7 Å². The van der Waals surface area contributed by atoms with E-state index in [0.29, 0.717) is 5.75 Å². The first kappa shape index (κ1) is 23.9. The van der Waals surface area contributed by atoms with Crippen molar-refractivity contribution in [3.05, 3.63) is 119 Å². The first-order valence-electron chi connectivity index (χ1n) is 11.8. The number of nitrogens with zero attached hydrogens (tertiary/aromatic N) is 1. The number of amides is 2. The molecule has 36 heavy (non-hydrogen) atoms. The van der Waals surface area contributed by atoms with E-state index in [1.54, 1.807) is 0 Å². The van der Waals surface area contributed by atoms with Gasteiger partial charge in [-0.1, -0.05) is 91.0 Å². The highest BCUT2D eigenvalue weighted by molar-refractivity contribution is 8.00. The van der Waals surface area contributed by atoms with Crippen LogP contribution in [0.15, 0.2) is 102 Å². The molecule has 2 aliphatic heterocycles. The third-order valence-electron chi connectivity index (χ3n) is 6.31. The molecule has 0 unspecified atom stereocenters. The number of hydrogen-bond donors (Lipinski definition) is 1. The lowest BCUT2D eigenvalue weighted by Gasteiger charge is -2.49. The molecule has 7 heteroatoms. The number of β-lactam (4-membered cyclic amide) rings is 1. The molecule has 2 heterocycles. The van der Waals surface area contributed by atoms with E-state index in [1.807, 2.05) is 97.9 Å². The molecular formula is C29H26N2O4S. The second-order valence-electron chi connectivity index (χ2n) is 8.85. The van der Waals surface area contributed by atoms with Gasteiger partial charge in [-0.3, -0.25) is 14.5 Å². The minimum atomic E-state index is -0.666. The van der Waals surface area contributed by atoms with Crippen molar-refractivity contribution in [1.29, 1.82) is 0 Å². The highest BCUT2D eigenvalue weighted by atomic mass is 32.2. The summed E-state index contributed by atoms with van der Waals surface area (Å²) in [7, 11) is 0. The van der Waals surface area contributed by atoms with Crippen LogP contribution in [0, 0.1) is 0 Å². The number of esters is 1. The smallest absolute Gasteiger partial charge is 0.356 e. The van der Waals surface area contributed by atoms with E-state index in [2.05, 4.69) is 5.32 Å². The first-order chi connectivity index (χ1) is 17.5. The van der Waals surface area contributed by atoms with Gasteiger partial charge in [-0.2, -0.15) is 0 Å². The van der Waals surface area contributed by atoms with E-state index in [-0.39, 0.29) is 29.3 Å². The monoisotopic (exact) mass is 498 g/mol. The molecule has 182 valence electrons. The summed E-state index contributed by atoms with van der Waals surface area (Å²) in [5.41, 5.74) is 3.62. The molecule has 0 aliphatic carbocycles. The average Bonchev–Trinajstić information content (AvgIpc) is 2.91. The van der Waals surface area contributed by atoms with Gasteiger partial charge in [0, 0.05) is 5.75 Å². The standard InChI is InChI=1S/C29H26N2O4S/c1-19-18-36-28-24(30-23(32)17-20-11-5-2-6-12-20)27(33)31(28)25(19)29(34)35-26(21-13-7-3-8-14-21)22-15-9-4-10-16-22/h2-16,24,26,28H,17-18H2,1H3,(H,30,32)/t24-,28-/m1/s1. The van der Waals surface area contributed by atoms with E-state index in [9.17, 15) is 14.4 Å². The fraction of sp³-hybridized carbons (Fsp3) is 0.207. The van der Waals surface area contributed by atoms with Gasteiger partial charge in [0.25, 0.3) is 5.91 Å². The van der Waals surface area contributed by atoms with Gasteiger partial charge in [0.15, 0.2) is 6.10 Å². The van der Waals surface area contributed by atoms with Crippen LogP contribution in [0.5, 0.6) is 0 Å². The summed E-state index contributed by atoms with van der Waals surface area (Å²) in [5.74, 6) is -0.483. The Morgan fingerprint density at radius 2 is 1.50 bits per heavy atom. The summed E-state index contributed by atoms with van der Waals surface area (Å²) in [5, 5.41) is 2.52. The zero-order valence-electron chi connectivity index (χ0n) is 19.8. The molecule has 1 N–H and O–H groups in total. The topological polar surface area (TPSA) is 75.7 Å². The minimum absolute atomic E-state index is 0.196. The van der Waals surface area contributed by atoms with Gasteiger partial charge >= 0.3 is 5.97 Å². The van der Waals surface area contributed by atoms with Crippen molar-refractivity contribution >= 4 is 29.5 Å². The quantitative estimate of drug-likeness (QED) is 0.390. The molecule has 2 amide bonds. The lowest BCUT2D eigenvalue weighted by atomic mass is 10.0. The number of rotatable bonds is 7. The Balaban J connectivity index is 1.32. The third-order valence-corrected chi connectivity index (χ3v) is 7.73. The zero-order chi connectivity index (χ0) is 25.1. The van der Waals surface area contributed by atoms with Crippen molar-refractivity contribution in [3.8, 4) is 0 Å². The van der Waals surface area contributed by atoms with Crippen LogP contribution in [0.4, 0.5) is 0 Å². The predicted octanol–water partition coefficient (Wildman–Crippen LogP) is 4.24. The number of nitrogens with one attached hydrogen (secondary N) is 1. The maximum Gasteiger partial charge on any atom is 0.356 e. The zero-order valence-corrected chi connectivity index (χ0v) is 20.6. The van der Waals surface area contributed by atoms with Crippen molar-refractivity contribution in [2.24, 2.45) is 0 Å². The number of benzene rings is 3. The van der Waals surface area contributed by atoms with Crippen LogP contribution in [0.25, 0.3) is 0 Å². The lowest BCUT2D eigenvalue weighted by molar-refractivity contribution is -0.154. The molecule has 0 aromatic heterocycles. The molecule has 2 atom stereocenters.